The number of para-hydroxylation sites is 1. The highest BCUT2D eigenvalue weighted by atomic mass is 16.5. The summed E-state index contributed by atoms with van der Waals surface area (Å²) < 4.78 is 5.68. The van der Waals surface area contributed by atoms with Gasteiger partial charge in [-0.05, 0) is 37.8 Å². The van der Waals surface area contributed by atoms with Crippen LogP contribution in [0.5, 0.6) is 5.75 Å². The number of aryl methyl sites for hydroxylation is 2. The predicted molar refractivity (Wildman–Crippen MR) is 115 cm³/mol. The van der Waals surface area contributed by atoms with E-state index in [2.05, 4.69) is 5.32 Å². The fraction of sp³-hybridized carbons (Fsp3) is 0.417. The first kappa shape index (κ1) is 21.8. The second kappa shape index (κ2) is 10.8. The van der Waals surface area contributed by atoms with E-state index in [0.717, 1.165) is 18.4 Å². The van der Waals surface area contributed by atoms with E-state index in [1.165, 1.54) is 5.56 Å². The molecule has 6 nitrogen and oxygen atoms in total. The minimum Gasteiger partial charge on any atom is -0.508 e. The lowest BCUT2D eigenvalue weighted by Crippen LogP contribution is -2.43. The topological polar surface area (TPSA) is 78.9 Å². The molecule has 1 atom stereocenters. The van der Waals surface area contributed by atoms with Gasteiger partial charge in [-0.15, -0.1) is 0 Å². The van der Waals surface area contributed by atoms with Crippen molar-refractivity contribution in [2.45, 2.75) is 45.3 Å². The van der Waals surface area contributed by atoms with Crippen molar-refractivity contribution in [1.82, 2.24) is 10.2 Å². The Morgan fingerprint density at radius 2 is 1.93 bits per heavy atom. The first-order valence-corrected chi connectivity index (χ1v) is 10.5. The molecule has 1 unspecified atom stereocenters. The molecule has 2 aromatic carbocycles. The van der Waals surface area contributed by atoms with Crippen LogP contribution >= 0.6 is 0 Å². The van der Waals surface area contributed by atoms with Gasteiger partial charge in [0.1, 0.15) is 5.75 Å². The van der Waals surface area contributed by atoms with Crippen molar-refractivity contribution in [3.63, 3.8) is 0 Å². The number of ether oxygens (including phenoxy) is 1. The van der Waals surface area contributed by atoms with Crippen LogP contribution in [0.4, 0.5) is 0 Å². The van der Waals surface area contributed by atoms with Crippen molar-refractivity contribution in [3.8, 4) is 5.75 Å². The highest BCUT2D eigenvalue weighted by Gasteiger charge is 2.23. The van der Waals surface area contributed by atoms with Gasteiger partial charge in [0.15, 0.2) is 0 Å². The minimum atomic E-state index is -0.183. The van der Waals surface area contributed by atoms with E-state index in [-0.39, 0.29) is 36.8 Å². The number of nitrogens with zero attached hydrogens (tertiary/aromatic N) is 1. The number of hydrogen-bond acceptors (Lipinski definition) is 4. The number of carbonyl (C=O) groups excluding carboxylic acids is 2. The molecule has 30 heavy (non-hydrogen) atoms. The Labute approximate surface area is 177 Å². The molecule has 1 aliphatic heterocycles. The molecule has 0 saturated carbocycles. The molecular weight excluding hydrogens is 380 g/mol. The van der Waals surface area contributed by atoms with Crippen LogP contribution in [-0.2, 0) is 27.3 Å². The number of phenols is 1. The SMILES string of the molecule is Cc1ccc(CCC(=O)NCC(=O)N(Cc2ccccc2O)CC2CCCO2)cc1. The molecule has 6 heteroatoms. The number of amides is 2. The van der Waals surface area contributed by atoms with Crippen molar-refractivity contribution in [2.24, 2.45) is 0 Å². The lowest BCUT2D eigenvalue weighted by molar-refractivity contribution is -0.134. The summed E-state index contributed by atoms with van der Waals surface area (Å²) in [4.78, 5) is 26.7. The molecule has 3 rings (SSSR count). The first-order valence-electron chi connectivity index (χ1n) is 10.5. The summed E-state index contributed by atoms with van der Waals surface area (Å²) in [6, 6.07) is 15.1. The molecule has 2 N–H and O–H groups in total. The minimum absolute atomic E-state index is 0.00274. The molecule has 1 aliphatic rings. The number of aromatic hydroxyl groups is 1. The van der Waals surface area contributed by atoms with E-state index in [1.807, 2.05) is 37.3 Å². The van der Waals surface area contributed by atoms with Gasteiger partial charge in [-0.1, -0.05) is 48.0 Å². The Balaban J connectivity index is 1.53. The van der Waals surface area contributed by atoms with Crippen molar-refractivity contribution in [1.29, 1.82) is 0 Å². The van der Waals surface area contributed by atoms with E-state index in [1.54, 1.807) is 23.1 Å². The van der Waals surface area contributed by atoms with Gasteiger partial charge >= 0.3 is 0 Å². The summed E-state index contributed by atoms with van der Waals surface area (Å²) in [7, 11) is 0. The van der Waals surface area contributed by atoms with Crippen LogP contribution in [-0.4, -0.2) is 47.6 Å². The van der Waals surface area contributed by atoms with Gasteiger partial charge in [-0.2, -0.15) is 0 Å². The molecule has 0 bridgehead atoms. The lowest BCUT2D eigenvalue weighted by Gasteiger charge is -2.26. The second-order valence-electron chi connectivity index (χ2n) is 7.80. The maximum atomic E-state index is 12.8. The summed E-state index contributed by atoms with van der Waals surface area (Å²) in [6.45, 7) is 3.41. The average molecular weight is 411 g/mol. The van der Waals surface area contributed by atoms with Gasteiger partial charge in [0, 0.05) is 31.7 Å². The molecule has 160 valence electrons. The van der Waals surface area contributed by atoms with Gasteiger partial charge in [0.2, 0.25) is 11.8 Å². The summed E-state index contributed by atoms with van der Waals surface area (Å²) >= 11 is 0. The molecule has 0 aliphatic carbocycles. The van der Waals surface area contributed by atoms with Crippen LogP contribution < -0.4 is 5.32 Å². The fourth-order valence-electron chi connectivity index (χ4n) is 3.53. The molecule has 2 amide bonds. The Hall–Kier alpha value is -2.86. The van der Waals surface area contributed by atoms with Gasteiger partial charge in [0.05, 0.1) is 12.6 Å². The van der Waals surface area contributed by atoms with Crippen molar-refractivity contribution in [3.05, 3.63) is 65.2 Å². The van der Waals surface area contributed by atoms with Crippen LogP contribution in [0, 0.1) is 6.92 Å². The van der Waals surface area contributed by atoms with Crippen LogP contribution in [0.1, 0.15) is 36.0 Å². The van der Waals surface area contributed by atoms with Crippen LogP contribution in [0.2, 0.25) is 0 Å². The molecule has 2 aromatic rings. The first-order chi connectivity index (χ1) is 14.5. The standard InChI is InChI=1S/C24H30N2O4/c1-18-8-10-19(11-9-18)12-13-23(28)25-15-24(29)26(17-21-6-4-14-30-21)16-20-5-2-3-7-22(20)27/h2-3,5,7-11,21,27H,4,6,12-17H2,1H3,(H,25,28). The number of carbonyl (C=O) groups is 2. The van der Waals surface area contributed by atoms with E-state index in [0.29, 0.717) is 31.6 Å². The quantitative estimate of drug-likeness (QED) is 0.666. The Bertz CT molecular complexity index is 845. The molecular formula is C24H30N2O4. The van der Waals surface area contributed by atoms with Gasteiger partial charge in [-0.3, -0.25) is 9.59 Å². The third-order valence-corrected chi connectivity index (χ3v) is 5.35. The summed E-state index contributed by atoms with van der Waals surface area (Å²) in [5.74, 6) is -0.175. The van der Waals surface area contributed by atoms with Gasteiger partial charge < -0.3 is 20.1 Å². The summed E-state index contributed by atoms with van der Waals surface area (Å²) in [5.41, 5.74) is 2.96. The number of hydrogen-bond donors (Lipinski definition) is 2. The number of benzene rings is 2. The van der Waals surface area contributed by atoms with Gasteiger partial charge in [0.25, 0.3) is 0 Å². The zero-order valence-electron chi connectivity index (χ0n) is 17.5. The van der Waals surface area contributed by atoms with Crippen LogP contribution in [0.25, 0.3) is 0 Å². The van der Waals surface area contributed by atoms with Crippen molar-refractivity contribution < 1.29 is 19.4 Å². The van der Waals surface area contributed by atoms with Crippen LogP contribution in [0.15, 0.2) is 48.5 Å². The number of rotatable bonds is 9. The van der Waals surface area contributed by atoms with E-state index >= 15 is 0 Å². The van der Waals surface area contributed by atoms with E-state index in [4.69, 9.17) is 4.74 Å². The highest BCUT2D eigenvalue weighted by Crippen LogP contribution is 2.20. The smallest absolute Gasteiger partial charge is 0.242 e. The normalized spacial score (nSPS) is 15.7. The Morgan fingerprint density at radius 1 is 1.17 bits per heavy atom. The van der Waals surface area contributed by atoms with E-state index < -0.39 is 0 Å². The zero-order valence-corrected chi connectivity index (χ0v) is 17.5. The fourth-order valence-corrected chi connectivity index (χ4v) is 3.53. The van der Waals surface area contributed by atoms with Crippen molar-refractivity contribution >= 4 is 11.8 Å². The summed E-state index contributed by atoms with van der Waals surface area (Å²) in [6.07, 6.45) is 2.86. The third-order valence-electron chi connectivity index (χ3n) is 5.35. The monoisotopic (exact) mass is 410 g/mol. The Morgan fingerprint density at radius 3 is 2.63 bits per heavy atom. The maximum absolute atomic E-state index is 12.8. The number of nitrogens with one attached hydrogen (secondary N) is 1. The third kappa shape index (κ3) is 6.59. The highest BCUT2D eigenvalue weighted by molar-refractivity contribution is 5.84. The molecule has 0 radical (unpaired) electrons. The number of phenolic OH excluding ortho intramolecular Hbond substituents is 1. The predicted octanol–water partition coefficient (Wildman–Crippen LogP) is 2.96. The molecule has 1 fully saturated rings. The molecule has 0 aromatic heterocycles. The second-order valence-corrected chi connectivity index (χ2v) is 7.80. The molecule has 0 spiro atoms. The zero-order chi connectivity index (χ0) is 21.3. The molecule has 1 heterocycles. The summed E-state index contributed by atoms with van der Waals surface area (Å²) in [5, 5.41) is 12.8. The molecule has 1 saturated heterocycles. The van der Waals surface area contributed by atoms with Crippen LogP contribution in [0.3, 0.4) is 0 Å². The average Bonchev–Trinajstić information content (AvgIpc) is 3.26. The van der Waals surface area contributed by atoms with Gasteiger partial charge in [-0.25, -0.2) is 0 Å². The maximum Gasteiger partial charge on any atom is 0.242 e. The largest absolute Gasteiger partial charge is 0.508 e. The van der Waals surface area contributed by atoms with Crippen molar-refractivity contribution in [2.75, 3.05) is 19.7 Å². The van der Waals surface area contributed by atoms with E-state index in [9.17, 15) is 14.7 Å². The Kier molecular flexibility index (Phi) is 7.85. The lowest BCUT2D eigenvalue weighted by atomic mass is 10.1.